The summed E-state index contributed by atoms with van der Waals surface area (Å²) in [6.45, 7) is 5.38. The first-order valence-electron chi connectivity index (χ1n) is 49.4. The molecule has 3 aliphatic heterocycles. The van der Waals surface area contributed by atoms with Crippen molar-refractivity contribution in [2.75, 3.05) is 85.8 Å². The van der Waals surface area contributed by atoms with Crippen molar-refractivity contribution in [3.05, 3.63) is 58.8 Å². The van der Waals surface area contributed by atoms with Gasteiger partial charge in [0.1, 0.15) is 125 Å². The van der Waals surface area contributed by atoms with Crippen LogP contribution in [0.15, 0.2) is 42.5 Å². The number of carboxylic acid groups (broad SMARTS) is 1. The number of aliphatic carboxylic acids is 1. The Morgan fingerprint density at radius 3 is 1.26 bits per heavy atom. The molecule has 2 aromatic rings. The van der Waals surface area contributed by atoms with Crippen molar-refractivity contribution >= 4 is 150 Å². The molecule has 19 atom stereocenters. The van der Waals surface area contributed by atoms with Gasteiger partial charge in [-0.15, -0.1) is 0 Å². The third-order valence-corrected chi connectivity index (χ3v) is 26.9. The Morgan fingerprint density at radius 1 is 0.451 bits per heavy atom. The molecule has 43 nitrogen and oxygen atoms in total. The number of aliphatic hydroxyl groups is 9. The fraction of sp³-hybridized carbons (Fsp3) is 0.714. The summed E-state index contributed by atoms with van der Waals surface area (Å²) in [5.41, 5.74) is 12.1. The summed E-state index contributed by atoms with van der Waals surface area (Å²) in [6, 6.07) is 2.92. The Balaban J connectivity index is 1.17. The van der Waals surface area contributed by atoms with Gasteiger partial charge >= 0.3 is 5.97 Å². The van der Waals surface area contributed by atoms with E-state index in [4.69, 9.17) is 58.8 Å². The van der Waals surface area contributed by atoms with Crippen LogP contribution in [0.4, 0.5) is 0 Å². The lowest BCUT2D eigenvalue weighted by Crippen LogP contribution is -2.64. The Bertz CT molecular complexity index is 4250. The summed E-state index contributed by atoms with van der Waals surface area (Å²) in [6.07, 6.45) is -7.86. The van der Waals surface area contributed by atoms with E-state index in [0.717, 1.165) is 12.7 Å². The number of unbranched alkanes of at least 4 members (excludes halogenated alkanes) is 8. The van der Waals surface area contributed by atoms with E-state index in [1.807, 2.05) is 34.7 Å². The molecule has 7 amide bonds. The number of primary amides is 1. The van der Waals surface area contributed by atoms with E-state index in [9.17, 15) is 123 Å². The van der Waals surface area contributed by atoms with Gasteiger partial charge in [-0.05, 0) is 226 Å². The number of benzene rings is 2. The number of Topliss-reactive ketones (excluding diaryl/α,β-unsaturated/α-hetero) is 6. The number of ketones is 6. The second kappa shape index (κ2) is 70.1. The van der Waals surface area contributed by atoms with Gasteiger partial charge in [0.05, 0.1) is 82.1 Å². The summed E-state index contributed by atoms with van der Waals surface area (Å²) < 4.78 is 61.0. The molecule has 19 unspecified atom stereocenters. The van der Waals surface area contributed by atoms with Gasteiger partial charge in [-0.2, -0.15) is 0 Å². The maximum Gasteiger partial charge on any atom is 0.306 e. The average Bonchev–Trinajstić information content (AvgIpc) is 0.817. The number of carbonyl (C=O) groups excluding carboxylic acids is 13. The molecule has 5 rings (SSSR count). The first kappa shape index (κ1) is 127. The van der Waals surface area contributed by atoms with Crippen LogP contribution in [-0.4, -0.2) is 334 Å². The number of hydrogen-bond acceptors (Lipinski definition) is 35. The van der Waals surface area contributed by atoms with Crippen molar-refractivity contribution in [1.82, 2.24) is 31.9 Å². The Labute approximate surface area is 880 Å². The van der Waals surface area contributed by atoms with Crippen LogP contribution >= 0.6 is 67.8 Å². The van der Waals surface area contributed by atoms with E-state index in [2.05, 4.69) is 83.7 Å². The van der Waals surface area contributed by atoms with Gasteiger partial charge in [0.15, 0.2) is 30.4 Å². The number of aromatic hydroxyl groups is 1. The highest BCUT2D eigenvalue weighted by Crippen LogP contribution is 2.36. The Kier molecular flexibility index (Phi) is 62.1. The molecule has 0 radical (unpaired) electrons. The normalized spacial score (nSPS) is 22.0. The number of amides is 7. The SMILES string of the molecule is C=C(CCCCCC(=O)CCCCOC1OC(CO)C(O)C(O)C1NC(C)=O)CCOCC(COCCC(=O)CCCCCC(=O)CCCCOC1OC(CO)C(O)C(O)C1NC(C)=O)(COCCC(=O)CCCC(=O)CCCCOC1OC(CO)C(O)C(O)C1NC(C)=O)NC(=O)CCCC(=O)NC(CCCCNC(=O)CCC(CC(=O)C(N)Cc1cc(I)c(Oc2ccc(O)c(I)c2)c(I)c1)C(=O)O)C(N)=O. The summed E-state index contributed by atoms with van der Waals surface area (Å²) in [5, 5.41) is 128. The van der Waals surface area contributed by atoms with E-state index in [1.165, 1.54) is 26.8 Å². The molecule has 0 bridgehead atoms. The van der Waals surface area contributed by atoms with E-state index >= 15 is 0 Å². The number of halogens is 3. The molecule has 3 saturated heterocycles. The molecule has 0 saturated carbocycles. The van der Waals surface area contributed by atoms with Crippen molar-refractivity contribution in [3.63, 3.8) is 0 Å². The van der Waals surface area contributed by atoms with E-state index < -0.39 is 195 Å². The number of rotatable bonds is 78. The number of nitrogens with one attached hydrogen (secondary N) is 6. The van der Waals surface area contributed by atoms with E-state index in [1.54, 1.807) is 12.1 Å². The van der Waals surface area contributed by atoms with Gasteiger partial charge in [-0.3, -0.25) is 67.1 Å². The predicted octanol–water partition coefficient (Wildman–Crippen LogP) is 3.68. The predicted molar refractivity (Wildman–Crippen MR) is 543 cm³/mol. The molecule has 0 spiro atoms. The molecule has 0 aliphatic carbocycles. The highest BCUT2D eigenvalue weighted by atomic mass is 127. The zero-order chi connectivity index (χ0) is 106. The lowest BCUT2D eigenvalue weighted by molar-refractivity contribution is -0.270. The van der Waals surface area contributed by atoms with Crippen LogP contribution in [0, 0.1) is 16.6 Å². The molecule has 2 aromatic carbocycles. The van der Waals surface area contributed by atoms with Crippen molar-refractivity contribution in [2.24, 2.45) is 17.4 Å². The number of aliphatic hydroxyl groups excluding tert-OH is 9. The molecule has 814 valence electrons. The van der Waals surface area contributed by atoms with Crippen LogP contribution in [0.3, 0.4) is 0 Å². The monoisotopic (exact) mass is 2380 g/mol. The topological polar surface area (TPSA) is 678 Å². The molecule has 3 fully saturated rings. The number of phenolic OH excluding ortho intramolecular Hbond substituents is 1. The van der Waals surface area contributed by atoms with Crippen LogP contribution in [-0.2, 0) is 116 Å². The zero-order valence-electron chi connectivity index (χ0n) is 82.4. The van der Waals surface area contributed by atoms with Gasteiger partial charge in [0.2, 0.25) is 41.4 Å². The van der Waals surface area contributed by atoms with Crippen molar-refractivity contribution in [1.29, 1.82) is 0 Å². The van der Waals surface area contributed by atoms with E-state index in [-0.39, 0.29) is 216 Å². The summed E-state index contributed by atoms with van der Waals surface area (Å²) >= 11 is 6.19. The first-order chi connectivity index (χ1) is 68.6. The summed E-state index contributed by atoms with van der Waals surface area (Å²) in [4.78, 5) is 180. The third kappa shape index (κ3) is 49.2. The van der Waals surface area contributed by atoms with Crippen LogP contribution < -0.4 is 48.1 Å². The fourth-order valence-corrected chi connectivity index (χ4v) is 18.9. The number of carboxylic acids is 1. The van der Waals surface area contributed by atoms with Crippen LogP contribution in [0.5, 0.6) is 17.2 Å². The average molecular weight is 2380 g/mol. The number of carbonyl (C=O) groups is 14. The molecule has 144 heavy (non-hydrogen) atoms. The number of phenols is 1. The molecular formula is C98H151I3N8O35. The number of hydrogen-bond donors (Lipinski definition) is 19. The van der Waals surface area contributed by atoms with Gasteiger partial charge in [-0.1, -0.05) is 25.0 Å². The maximum atomic E-state index is 14.3. The van der Waals surface area contributed by atoms with Crippen LogP contribution in [0.25, 0.3) is 0 Å². The van der Waals surface area contributed by atoms with Crippen LogP contribution in [0.1, 0.15) is 245 Å². The van der Waals surface area contributed by atoms with Crippen molar-refractivity contribution in [2.45, 2.75) is 355 Å². The highest BCUT2D eigenvalue weighted by Gasteiger charge is 2.49. The van der Waals surface area contributed by atoms with Gasteiger partial charge in [0.25, 0.3) is 0 Å². The smallest absolute Gasteiger partial charge is 0.306 e. The van der Waals surface area contributed by atoms with Crippen LogP contribution in [0.2, 0.25) is 0 Å². The molecule has 21 N–H and O–H groups in total. The largest absolute Gasteiger partial charge is 0.507 e. The highest BCUT2D eigenvalue weighted by molar-refractivity contribution is 14.1. The van der Waals surface area contributed by atoms with Crippen molar-refractivity contribution in [3.8, 4) is 17.2 Å². The summed E-state index contributed by atoms with van der Waals surface area (Å²) in [7, 11) is 0. The maximum absolute atomic E-state index is 14.3. The minimum absolute atomic E-state index is 0.00760. The van der Waals surface area contributed by atoms with E-state index in [0.29, 0.717) is 123 Å². The fourth-order valence-electron chi connectivity index (χ4n) is 16.2. The quantitative estimate of drug-likeness (QED) is 0.0255. The molecule has 46 heteroatoms. The number of ether oxygens (including phenoxy) is 10. The Hall–Kier alpha value is -7.01. The van der Waals surface area contributed by atoms with Gasteiger partial charge in [0, 0.05) is 137 Å². The van der Waals surface area contributed by atoms with Gasteiger partial charge in [-0.25, -0.2) is 0 Å². The first-order valence-corrected chi connectivity index (χ1v) is 52.7. The minimum Gasteiger partial charge on any atom is -0.507 e. The lowest BCUT2D eigenvalue weighted by Gasteiger charge is -2.42. The third-order valence-electron chi connectivity index (χ3n) is 24.5. The standard InChI is InChI=1S/C98H151I3N8O35/c1-58(21-7-5-8-22-64(116)25-12-16-41-138-95-83(105-59(2)113)89(129)86(126)77(52-110)142-95)37-44-135-55-98(57-137-46-39-68(120)29-19-28-66(118)27-14-18-43-140-97-85(107-61(4)115)91(131)88(128)79(54-112)144-97,56-136-45-38-67(119)24-10-6-9-23-65(117)26-13-17-42-139-96-84(106-60(3)114)90(130)87(127)78(53-111)143-96)109-82(125)32-20-31-81(124)108-74(93(103)132)30-11-15-40-104-80(123)36-33-63(94(133)134)50-76(122)73(102)49-62-47-71(100)92(72(101)48-62)141-69-34-35-75(121)70(99)51-69/h34-35,47-48,51,63,73-74,77-79,83-91,95-97,110-112,121,126-131H,1,5-33,36-46,49-50,52-57,102H2,2-4H3,(H2,103,132)(H,104,123)(H,105,113)(H,106,114)(H,107,115)(H,108,124)(H,109,125)(H,133,134). The lowest BCUT2D eigenvalue weighted by atomic mass is 9.92. The molecule has 3 heterocycles. The molecular weight excluding hydrogens is 2230 g/mol. The minimum atomic E-state index is -1.52. The van der Waals surface area contributed by atoms with Crippen molar-refractivity contribution < 1.29 is 171 Å². The zero-order valence-corrected chi connectivity index (χ0v) is 88.9. The second-order valence-electron chi connectivity index (χ2n) is 36.8. The summed E-state index contributed by atoms with van der Waals surface area (Å²) in [5.74, 6) is -6.34. The molecule has 3 aliphatic rings. The van der Waals surface area contributed by atoms with Gasteiger partial charge < -0.3 is 147 Å². The number of nitrogens with two attached hydrogens (primary N) is 2. The molecule has 0 aromatic heterocycles. The Morgan fingerprint density at radius 2 is 0.847 bits per heavy atom. The second-order valence-corrected chi connectivity index (χ2v) is 40.3.